The molecule has 4 nitrogen and oxygen atoms in total. The number of carbonyl (C=O) groups is 1. The first-order valence-corrected chi connectivity index (χ1v) is 7.80. The Hall–Kier alpha value is -0.610. The molecule has 110 valence electrons. The molecule has 4 heteroatoms. The summed E-state index contributed by atoms with van der Waals surface area (Å²) < 4.78 is 0. The van der Waals surface area contributed by atoms with Gasteiger partial charge in [-0.25, -0.2) is 0 Å². The molecule has 2 aliphatic heterocycles. The predicted molar refractivity (Wildman–Crippen MR) is 75.9 cm³/mol. The number of hydrogen-bond donors (Lipinski definition) is 2. The quantitative estimate of drug-likeness (QED) is 0.689. The monoisotopic (exact) mass is 268 g/mol. The fourth-order valence-corrected chi connectivity index (χ4v) is 3.51. The van der Waals surface area contributed by atoms with E-state index >= 15 is 0 Å². The topological polar surface area (TPSA) is 52.6 Å². The number of hydrogen-bond acceptors (Lipinski definition) is 3. The van der Waals surface area contributed by atoms with E-state index in [1.54, 1.807) is 0 Å². The van der Waals surface area contributed by atoms with E-state index in [0.717, 1.165) is 32.2 Å². The molecule has 2 N–H and O–H groups in total. The highest BCUT2D eigenvalue weighted by molar-refractivity contribution is 5.76. The van der Waals surface area contributed by atoms with Crippen molar-refractivity contribution in [3.8, 4) is 0 Å². The van der Waals surface area contributed by atoms with E-state index in [-0.39, 0.29) is 6.61 Å². The second-order valence-corrected chi connectivity index (χ2v) is 6.28. The zero-order valence-corrected chi connectivity index (χ0v) is 12.1. The van der Waals surface area contributed by atoms with Crippen molar-refractivity contribution in [2.75, 3.05) is 20.2 Å². The Kier molecular flexibility index (Phi) is 5.64. The van der Waals surface area contributed by atoms with Crippen LogP contribution in [0, 0.1) is 5.92 Å². The van der Waals surface area contributed by atoms with Gasteiger partial charge in [0.15, 0.2) is 0 Å². The molecule has 2 heterocycles. The van der Waals surface area contributed by atoms with Crippen LogP contribution in [0.3, 0.4) is 0 Å². The molecule has 2 fully saturated rings. The Morgan fingerprint density at radius 2 is 1.89 bits per heavy atom. The first kappa shape index (κ1) is 14.8. The van der Waals surface area contributed by atoms with Crippen LogP contribution < -0.4 is 5.32 Å². The van der Waals surface area contributed by atoms with Crippen molar-refractivity contribution in [3.05, 3.63) is 0 Å². The summed E-state index contributed by atoms with van der Waals surface area (Å²) in [6, 6.07) is 1.35. The molecule has 0 aromatic heterocycles. The Balaban J connectivity index is 1.65. The Morgan fingerprint density at radius 1 is 1.21 bits per heavy atom. The highest BCUT2D eigenvalue weighted by Crippen LogP contribution is 2.32. The number of aliphatic hydroxyl groups is 1. The van der Waals surface area contributed by atoms with Crippen molar-refractivity contribution in [1.29, 1.82) is 0 Å². The van der Waals surface area contributed by atoms with Gasteiger partial charge in [-0.1, -0.05) is 0 Å². The van der Waals surface area contributed by atoms with E-state index < -0.39 is 0 Å². The SMILES string of the molecule is CN(CCCCCO)C(=O)CC1CC2CCC(C1)N2. The fourth-order valence-electron chi connectivity index (χ4n) is 3.51. The van der Waals surface area contributed by atoms with Crippen LogP contribution in [-0.4, -0.2) is 48.2 Å². The lowest BCUT2D eigenvalue weighted by atomic mass is 9.89. The Labute approximate surface area is 116 Å². The highest BCUT2D eigenvalue weighted by Gasteiger charge is 2.34. The molecule has 0 aromatic carbocycles. The second-order valence-electron chi connectivity index (χ2n) is 6.28. The minimum atomic E-state index is 0.259. The van der Waals surface area contributed by atoms with Gasteiger partial charge in [0, 0.05) is 38.7 Å². The number of aliphatic hydroxyl groups excluding tert-OH is 1. The Bertz CT molecular complexity index is 284. The van der Waals surface area contributed by atoms with Gasteiger partial charge in [0.25, 0.3) is 0 Å². The van der Waals surface area contributed by atoms with Crippen molar-refractivity contribution in [2.24, 2.45) is 5.92 Å². The van der Waals surface area contributed by atoms with Crippen molar-refractivity contribution < 1.29 is 9.90 Å². The van der Waals surface area contributed by atoms with E-state index in [4.69, 9.17) is 5.11 Å². The molecule has 19 heavy (non-hydrogen) atoms. The van der Waals surface area contributed by atoms with Crippen LogP contribution in [0.2, 0.25) is 0 Å². The van der Waals surface area contributed by atoms with Crippen molar-refractivity contribution in [3.63, 3.8) is 0 Å². The molecule has 0 aliphatic carbocycles. The zero-order valence-electron chi connectivity index (χ0n) is 12.1. The summed E-state index contributed by atoms with van der Waals surface area (Å²) in [7, 11) is 1.91. The molecule has 2 rings (SSSR count). The molecule has 2 aliphatic rings. The zero-order chi connectivity index (χ0) is 13.7. The molecule has 0 aromatic rings. The molecular weight excluding hydrogens is 240 g/mol. The van der Waals surface area contributed by atoms with Gasteiger partial charge in [0.2, 0.25) is 5.91 Å². The largest absolute Gasteiger partial charge is 0.396 e. The van der Waals surface area contributed by atoms with Crippen LogP contribution in [-0.2, 0) is 4.79 Å². The number of piperidine rings is 1. The van der Waals surface area contributed by atoms with E-state index in [2.05, 4.69) is 5.32 Å². The van der Waals surface area contributed by atoms with Gasteiger partial charge in [-0.3, -0.25) is 4.79 Å². The number of nitrogens with one attached hydrogen (secondary N) is 1. The average molecular weight is 268 g/mol. The number of amides is 1. The number of rotatable bonds is 7. The third-order valence-corrected chi connectivity index (χ3v) is 4.61. The number of nitrogens with zero attached hydrogens (tertiary/aromatic N) is 1. The smallest absolute Gasteiger partial charge is 0.222 e. The lowest BCUT2D eigenvalue weighted by Gasteiger charge is -2.30. The maximum Gasteiger partial charge on any atom is 0.222 e. The predicted octanol–water partition coefficient (Wildman–Crippen LogP) is 1.53. The number of fused-ring (bicyclic) bond motifs is 2. The summed E-state index contributed by atoms with van der Waals surface area (Å²) in [5.41, 5.74) is 0. The summed E-state index contributed by atoms with van der Waals surface area (Å²) >= 11 is 0. The van der Waals surface area contributed by atoms with Crippen LogP contribution in [0.5, 0.6) is 0 Å². The first-order valence-electron chi connectivity index (χ1n) is 7.80. The van der Waals surface area contributed by atoms with Gasteiger partial charge in [0.1, 0.15) is 0 Å². The maximum atomic E-state index is 12.2. The molecule has 0 saturated carbocycles. The van der Waals surface area contributed by atoms with Crippen molar-refractivity contribution in [1.82, 2.24) is 10.2 Å². The number of unbranched alkanes of at least 4 members (excludes halogenated alkanes) is 2. The summed E-state index contributed by atoms with van der Waals surface area (Å²) in [5.74, 6) is 0.890. The molecule has 2 atom stereocenters. The van der Waals surface area contributed by atoms with Crippen LogP contribution in [0.4, 0.5) is 0 Å². The third-order valence-electron chi connectivity index (χ3n) is 4.61. The lowest BCUT2D eigenvalue weighted by molar-refractivity contribution is -0.131. The first-order chi connectivity index (χ1) is 9.19. The number of carbonyl (C=O) groups excluding carboxylic acids is 1. The van der Waals surface area contributed by atoms with Gasteiger partial charge in [-0.2, -0.15) is 0 Å². The standard InChI is InChI=1S/C15H28N2O2/c1-17(7-3-2-4-8-18)15(19)11-12-9-13-5-6-14(10-12)16-13/h12-14,16,18H,2-11H2,1H3. The van der Waals surface area contributed by atoms with Crippen molar-refractivity contribution in [2.45, 2.75) is 63.5 Å². The van der Waals surface area contributed by atoms with Gasteiger partial charge in [-0.15, -0.1) is 0 Å². The van der Waals surface area contributed by atoms with Crippen LogP contribution in [0.1, 0.15) is 51.4 Å². The average Bonchev–Trinajstić information content (AvgIpc) is 2.73. The minimum Gasteiger partial charge on any atom is -0.396 e. The molecular formula is C15H28N2O2. The van der Waals surface area contributed by atoms with Crippen LogP contribution in [0.15, 0.2) is 0 Å². The normalized spacial score (nSPS) is 29.5. The van der Waals surface area contributed by atoms with Gasteiger partial charge >= 0.3 is 0 Å². The van der Waals surface area contributed by atoms with Crippen molar-refractivity contribution >= 4 is 5.91 Å². The van der Waals surface area contributed by atoms with Gasteiger partial charge in [-0.05, 0) is 50.9 Å². The Morgan fingerprint density at radius 3 is 2.53 bits per heavy atom. The summed E-state index contributed by atoms with van der Waals surface area (Å²) in [6.45, 7) is 1.09. The molecule has 2 unspecified atom stereocenters. The minimum absolute atomic E-state index is 0.259. The molecule has 2 bridgehead atoms. The van der Waals surface area contributed by atoms with Gasteiger partial charge in [0.05, 0.1) is 0 Å². The summed E-state index contributed by atoms with van der Waals surface area (Å²) in [5, 5.41) is 12.3. The fraction of sp³-hybridized carbons (Fsp3) is 0.933. The summed E-state index contributed by atoms with van der Waals surface area (Å²) in [6.07, 6.45) is 8.54. The second kappa shape index (κ2) is 7.25. The van der Waals surface area contributed by atoms with Crippen LogP contribution in [0.25, 0.3) is 0 Å². The van der Waals surface area contributed by atoms with Crippen LogP contribution >= 0.6 is 0 Å². The van der Waals surface area contributed by atoms with E-state index in [9.17, 15) is 4.79 Å². The molecule has 0 radical (unpaired) electrons. The van der Waals surface area contributed by atoms with E-state index in [1.807, 2.05) is 11.9 Å². The van der Waals surface area contributed by atoms with Gasteiger partial charge < -0.3 is 15.3 Å². The molecule has 0 spiro atoms. The van der Waals surface area contributed by atoms with E-state index in [0.29, 0.717) is 23.9 Å². The molecule has 1 amide bonds. The molecule has 2 saturated heterocycles. The lowest BCUT2D eigenvalue weighted by Crippen LogP contribution is -2.40. The highest BCUT2D eigenvalue weighted by atomic mass is 16.2. The summed E-state index contributed by atoms with van der Waals surface area (Å²) in [4.78, 5) is 14.0. The van der Waals surface area contributed by atoms with E-state index in [1.165, 1.54) is 25.7 Å². The third kappa shape index (κ3) is 4.46. The maximum absolute atomic E-state index is 12.2.